The summed E-state index contributed by atoms with van der Waals surface area (Å²) in [4.78, 5) is 0. The summed E-state index contributed by atoms with van der Waals surface area (Å²) >= 11 is 15.3. The van der Waals surface area contributed by atoms with E-state index in [1.165, 1.54) is 5.56 Å². The second kappa shape index (κ2) is 4.20. The summed E-state index contributed by atoms with van der Waals surface area (Å²) in [5.41, 5.74) is 1.19. The van der Waals surface area contributed by atoms with Gasteiger partial charge in [-0.05, 0) is 38.0 Å². The van der Waals surface area contributed by atoms with Crippen LogP contribution < -0.4 is 0 Å². The third-order valence-corrected chi connectivity index (χ3v) is 2.63. The van der Waals surface area contributed by atoms with Gasteiger partial charge in [-0.25, -0.2) is 0 Å². The van der Waals surface area contributed by atoms with E-state index < -0.39 is 0 Å². The fourth-order valence-electron chi connectivity index (χ4n) is 1.13. The Labute approximate surface area is 97.4 Å². The van der Waals surface area contributed by atoms with Crippen molar-refractivity contribution in [3.8, 4) is 0 Å². The molecule has 0 heterocycles. The van der Waals surface area contributed by atoms with Gasteiger partial charge in [-0.3, -0.25) is 0 Å². The van der Waals surface area contributed by atoms with Crippen LogP contribution in [0.25, 0.3) is 0 Å². The lowest BCUT2D eigenvalue weighted by Crippen LogP contribution is -2.12. The van der Waals surface area contributed by atoms with Gasteiger partial charge in [0.25, 0.3) is 0 Å². The van der Waals surface area contributed by atoms with Crippen LogP contribution in [0.1, 0.15) is 19.4 Å². The maximum atomic E-state index is 5.90. The lowest BCUT2D eigenvalue weighted by molar-refractivity contribution is 0.725. The van der Waals surface area contributed by atoms with E-state index >= 15 is 0 Å². The van der Waals surface area contributed by atoms with Crippen molar-refractivity contribution in [1.29, 1.82) is 0 Å². The van der Waals surface area contributed by atoms with Crippen LogP contribution in [-0.4, -0.2) is 4.32 Å². The molecule has 0 fully saturated rings. The molecule has 0 saturated carbocycles. The Bertz CT molecular complexity index is 302. The first-order valence-corrected chi connectivity index (χ1v) is 5.56. The molecule has 0 aliphatic carbocycles. The topological polar surface area (TPSA) is 0 Å². The molecular formula is C10H11BrCl2. The summed E-state index contributed by atoms with van der Waals surface area (Å²) in [7, 11) is 0. The van der Waals surface area contributed by atoms with E-state index in [1.807, 2.05) is 18.2 Å². The van der Waals surface area contributed by atoms with Gasteiger partial charge in [0.1, 0.15) is 0 Å². The summed E-state index contributed by atoms with van der Waals surface area (Å²) in [6, 6.07) is 5.74. The van der Waals surface area contributed by atoms with Gasteiger partial charge in [-0.15, -0.1) is 0 Å². The first kappa shape index (κ1) is 11.4. The normalized spacial score (nSPS) is 11.8. The van der Waals surface area contributed by atoms with Crippen LogP contribution in [0.5, 0.6) is 0 Å². The standard InChI is InChI=1S/C10H11BrCl2/c1-10(2,11)6-7-3-4-8(12)9(13)5-7/h3-5H,6H2,1-2H3. The predicted molar refractivity (Wildman–Crippen MR) is 63.2 cm³/mol. The van der Waals surface area contributed by atoms with Crippen LogP contribution >= 0.6 is 39.1 Å². The van der Waals surface area contributed by atoms with Crippen LogP contribution in [0.3, 0.4) is 0 Å². The van der Waals surface area contributed by atoms with E-state index in [4.69, 9.17) is 23.2 Å². The van der Waals surface area contributed by atoms with Crippen LogP contribution in [0.4, 0.5) is 0 Å². The molecule has 0 nitrogen and oxygen atoms in total. The van der Waals surface area contributed by atoms with E-state index in [1.54, 1.807) is 0 Å². The lowest BCUT2D eigenvalue weighted by atomic mass is 10.0. The van der Waals surface area contributed by atoms with E-state index in [-0.39, 0.29) is 4.32 Å². The van der Waals surface area contributed by atoms with Crippen molar-refractivity contribution in [3.63, 3.8) is 0 Å². The molecule has 13 heavy (non-hydrogen) atoms. The highest BCUT2D eigenvalue weighted by Gasteiger charge is 2.13. The summed E-state index contributed by atoms with van der Waals surface area (Å²) < 4.78 is 0.101. The van der Waals surface area contributed by atoms with Crippen molar-refractivity contribution in [1.82, 2.24) is 0 Å². The van der Waals surface area contributed by atoms with Crippen LogP contribution in [0, 0.1) is 0 Å². The molecule has 3 heteroatoms. The van der Waals surface area contributed by atoms with Crippen LogP contribution in [0.15, 0.2) is 18.2 Å². The average Bonchev–Trinajstić information content (AvgIpc) is 1.94. The summed E-state index contributed by atoms with van der Waals surface area (Å²) in [6.07, 6.45) is 0.934. The Morgan fingerprint density at radius 1 is 1.23 bits per heavy atom. The predicted octanol–water partition coefficient (Wildman–Crippen LogP) is 4.71. The smallest absolute Gasteiger partial charge is 0.0595 e. The molecule has 0 aromatic heterocycles. The minimum atomic E-state index is 0.101. The highest BCUT2D eigenvalue weighted by molar-refractivity contribution is 9.10. The molecule has 0 bridgehead atoms. The number of rotatable bonds is 2. The van der Waals surface area contributed by atoms with Crippen LogP contribution in [-0.2, 0) is 6.42 Å². The highest BCUT2D eigenvalue weighted by Crippen LogP contribution is 2.27. The molecule has 0 spiro atoms. The number of hydrogen-bond acceptors (Lipinski definition) is 0. The van der Waals surface area contributed by atoms with Crippen molar-refractivity contribution >= 4 is 39.1 Å². The fourth-order valence-corrected chi connectivity index (χ4v) is 1.78. The molecule has 1 aromatic rings. The van der Waals surface area contributed by atoms with Crippen molar-refractivity contribution in [3.05, 3.63) is 33.8 Å². The largest absolute Gasteiger partial charge is 0.0856 e. The molecule has 72 valence electrons. The Morgan fingerprint density at radius 3 is 2.31 bits per heavy atom. The Kier molecular flexibility index (Phi) is 3.67. The van der Waals surface area contributed by atoms with E-state index in [0.29, 0.717) is 10.0 Å². The first-order valence-electron chi connectivity index (χ1n) is 4.01. The monoisotopic (exact) mass is 280 g/mol. The van der Waals surface area contributed by atoms with Gasteiger partial charge < -0.3 is 0 Å². The Morgan fingerprint density at radius 2 is 1.85 bits per heavy atom. The second-order valence-electron chi connectivity index (χ2n) is 3.64. The Balaban J connectivity index is 2.86. The molecule has 0 aliphatic heterocycles. The van der Waals surface area contributed by atoms with Gasteiger partial charge >= 0.3 is 0 Å². The molecule has 1 rings (SSSR count). The summed E-state index contributed by atoms with van der Waals surface area (Å²) in [5.74, 6) is 0. The van der Waals surface area contributed by atoms with E-state index in [9.17, 15) is 0 Å². The van der Waals surface area contributed by atoms with Crippen molar-refractivity contribution in [2.75, 3.05) is 0 Å². The zero-order valence-corrected chi connectivity index (χ0v) is 10.7. The first-order chi connectivity index (χ1) is 5.88. The number of hydrogen-bond donors (Lipinski definition) is 0. The van der Waals surface area contributed by atoms with Gasteiger partial charge in [0, 0.05) is 4.32 Å². The zero-order valence-electron chi connectivity index (χ0n) is 7.57. The number of halogens is 3. The third-order valence-electron chi connectivity index (χ3n) is 1.61. The van der Waals surface area contributed by atoms with Crippen LogP contribution in [0.2, 0.25) is 10.0 Å². The maximum absolute atomic E-state index is 5.90. The quantitative estimate of drug-likeness (QED) is 0.689. The van der Waals surface area contributed by atoms with E-state index in [2.05, 4.69) is 29.8 Å². The van der Waals surface area contributed by atoms with Gasteiger partial charge in [-0.1, -0.05) is 45.2 Å². The van der Waals surface area contributed by atoms with Gasteiger partial charge in [0.2, 0.25) is 0 Å². The number of benzene rings is 1. The molecule has 0 radical (unpaired) electrons. The molecule has 0 aliphatic rings. The average molecular weight is 282 g/mol. The summed E-state index contributed by atoms with van der Waals surface area (Å²) in [6.45, 7) is 4.24. The van der Waals surface area contributed by atoms with Gasteiger partial charge in [0.05, 0.1) is 10.0 Å². The van der Waals surface area contributed by atoms with E-state index in [0.717, 1.165) is 6.42 Å². The molecule has 0 unspecified atom stereocenters. The lowest BCUT2D eigenvalue weighted by Gasteiger charge is -2.16. The minimum absolute atomic E-state index is 0.101. The minimum Gasteiger partial charge on any atom is -0.0856 e. The summed E-state index contributed by atoms with van der Waals surface area (Å²) in [5, 5.41) is 1.23. The fraction of sp³-hybridized carbons (Fsp3) is 0.400. The van der Waals surface area contributed by atoms with Crippen molar-refractivity contribution < 1.29 is 0 Å². The highest BCUT2D eigenvalue weighted by atomic mass is 79.9. The third kappa shape index (κ3) is 3.88. The van der Waals surface area contributed by atoms with Gasteiger partial charge in [-0.2, -0.15) is 0 Å². The maximum Gasteiger partial charge on any atom is 0.0595 e. The molecular weight excluding hydrogens is 271 g/mol. The molecule has 0 atom stereocenters. The van der Waals surface area contributed by atoms with Gasteiger partial charge in [0.15, 0.2) is 0 Å². The molecule has 0 saturated heterocycles. The number of alkyl halides is 1. The molecule has 0 N–H and O–H groups in total. The second-order valence-corrected chi connectivity index (χ2v) is 6.61. The molecule has 0 amide bonds. The van der Waals surface area contributed by atoms with Crippen molar-refractivity contribution in [2.24, 2.45) is 0 Å². The van der Waals surface area contributed by atoms with Crippen molar-refractivity contribution in [2.45, 2.75) is 24.6 Å². The molecule has 1 aromatic carbocycles. The zero-order chi connectivity index (χ0) is 10.1. The Hall–Kier alpha value is 0.280. The SMILES string of the molecule is CC(C)(Br)Cc1ccc(Cl)c(Cl)c1.